The van der Waals surface area contributed by atoms with Gasteiger partial charge in [0.1, 0.15) is 5.75 Å². The lowest BCUT2D eigenvalue weighted by molar-refractivity contribution is 0.0535. The van der Waals surface area contributed by atoms with Gasteiger partial charge in [-0.25, -0.2) is 0 Å². The third-order valence-electron chi connectivity index (χ3n) is 4.28. The molecular weight excluding hydrogens is 340 g/mol. The Labute approximate surface area is 151 Å². The van der Waals surface area contributed by atoms with Crippen LogP contribution in [0.15, 0.2) is 48.5 Å². The first-order chi connectivity index (χ1) is 12.1. The molecule has 25 heavy (non-hydrogen) atoms. The van der Waals surface area contributed by atoms with Gasteiger partial charge in [0.25, 0.3) is 11.8 Å². The maximum atomic E-state index is 12.7. The van der Waals surface area contributed by atoms with Crippen molar-refractivity contribution in [2.45, 2.75) is 0 Å². The highest BCUT2D eigenvalue weighted by atomic mass is 35.5. The largest absolute Gasteiger partial charge is 0.497 e. The number of rotatable bonds is 3. The third-order valence-corrected chi connectivity index (χ3v) is 4.59. The molecule has 0 spiro atoms. The lowest BCUT2D eigenvalue weighted by atomic mass is 10.1. The molecule has 0 atom stereocenters. The van der Waals surface area contributed by atoms with Gasteiger partial charge >= 0.3 is 0 Å². The summed E-state index contributed by atoms with van der Waals surface area (Å²) in [5.74, 6) is 0.481. The summed E-state index contributed by atoms with van der Waals surface area (Å²) in [5.41, 5.74) is 1.12. The second-order valence-corrected chi connectivity index (χ2v) is 6.20. The van der Waals surface area contributed by atoms with Crippen LogP contribution in [-0.2, 0) is 0 Å². The van der Waals surface area contributed by atoms with Gasteiger partial charge in [0.05, 0.1) is 17.7 Å². The van der Waals surface area contributed by atoms with E-state index in [2.05, 4.69) is 0 Å². The van der Waals surface area contributed by atoms with Gasteiger partial charge in [-0.1, -0.05) is 29.8 Å². The Bertz CT molecular complexity index is 771. The van der Waals surface area contributed by atoms with E-state index in [0.29, 0.717) is 48.1 Å². The van der Waals surface area contributed by atoms with Gasteiger partial charge in [-0.05, 0) is 30.3 Å². The van der Waals surface area contributed by atoms with Crippen molar-refractivity contribution in [3.8, 4) is 5.75 Å². The molecule has 130 valence electrons. The van der Waals surface area contributed by atoms with Gasteiger partial charge in [-0.3, -0.25) is 9.59 Å². The molecule has 5 nitrogen and oxygen atoms in total. The molecule has 0 saturated carbocycles. The monoisotopic (exact) mass is 358 g/mol. The van der Waals surface area contributed by atoms with Crippen LogP contribution in [0.4, 0.5) is 0 Å². The van der Waals surface area contributed by atoms with Crippen molar-refractivity contribution in [1.82, 2.24) is 9.80 Å². The number of methoxy groups -OCH3 is 1. The molecular formula is C19H19ClN2O3. The van der Waals surface area contributed by atoms with E-state index in [0.717, 1.165) is 0 Å². The van der Waals surface area contributed by atoms with E-state index < -0.39 is 0 Å². The van der Waals surface area contributed by atoms with Crippen LogP contribution in [0.5, 0.6) is 5.75 Å². The van der Waals surface area contributed by atoms with Gasteiger partial charge in [0, 0.05) is 31.7 Å². The average Bonchev–Trinajstić information content (AvgIpc) is 2.67. The molecule has 0 radical (unpaired) electrons. The fourth-order valence-corrected chi connectivity index (χ4v) is 3.09. The highest BCUT2D eigenvalue weighted by Crippen LogP contribution is 2.24. The van der Waals surface area contributed by atoms with E-state index in [1.165, 1.54) is 0 Å². The lowest BCUT2D eigenvalue weighted by Gasteiger charge is -2.35. The van der Waals surface area contributed by atoms with E-state index in [9.17, 15) is 9.59 Å². The highest BCUT2D eigenvalue weighted by molar-refractivity contribution is 6.34. The topological polar surface area (TPSA) is 49.9 Å². The Hall–Kier alpha value is -2.53. The molecule has 1 aliphatic heterocycles. The van der Waals surface area contributed by atoms with Crippen molar-refractivity contribution in [1.29, 1.82) is 0 Å². The predicted molar refractivity (Wildman–Crippen MR) is 96.3 cm³/mol. The number of carbonyl (C=O) groups excluding carboxylic acids is 2. The summed E-state index contributed by atoms with van der Waals surface area (Å²) in [7, 11) is 1.55. The molecule has 2 amide bonds. The number of carbonyl (C=O) groups is 2. The summed E-state index contributed by atoms with van der Waals surface area (Å²) in [5, 5.41) is 0.368. The number of halogens is 1. The molecule has 2 aromatic carbocycles. The average molecular weight is 359 g/mol. The van der Waals surface area contributed by atoms with E-state index in [1.54, 1.807) is 47.2 Å². The van der Waals surface area contributed by atoms with Crippen LogP contribution in [0.2, 0.25) is 5.02 Å². The molecule has 1 saturated heterocycles. The summed E-state index contributed by atoms with van der Waals surface area (Å²) < 4.78 is 5.10. The maximum absolute atomic E-state index is 12.7. The Balaban J connectivity index is 1.64. The number of hydrogen-bond donors (Lipinski definition) is 0. The quantitative estimate of drug-likeness (QED) is 0.847. The van der Waals surface area contributed by atoms with Crippen molar-refractivity contribution in [2.24, 2.45) is 0 Å². The van der Waals surface area contributed by atoms with Gasteiger partial charge in [-0.2, -0.15) is 0 Å². The van der Waals surface area contributed by atoms with E-state index >= 15 is 0 Å². The Morgan fingerprint density at radius 3 is 2.08 bits per heavy atom. The fourth-order valence-electron chi connectivity index (χ4n) is 2.84. The van der Waals surface area contributed by atoms with Gasteiger partial charge in [-0.15, -0.1) is 0 Å². The highest BCUT2D eigenvalue weighted by Gasteiger charge is 2.26. The number of benzene rings is 2. The standard InChI is InChI=1S/C19H19ClN2O3/c1-25-15-7-8-16(17(20)13-15)19(24)22-11-9-21(10-12-22)18(23)14-5-3-2-4-6-14/h2-8,13H,9-12H2,1H3. The number of piperazine rings is 1. The van der Waals surface area contributed by atoms with Crippen LogP contribution < -0.4 is 4.74 Å². The first kappa shape index (κ1) is 17.3. The normalized spacial score (nSPS) is 14.3. The number of amides is 2. The second-order valence-electron chi connectivity index (χ2n) is 5.80. The molecule has 1 aliphatic rings. The van der Waals surface area contributed by atoms with Crippen molar-refractivity contribution in [3.05, 3.63) is 64.7 Å². The van der Waals surface area contributed by atoms with E-state index in [-0.39, 0.29) is 11.8 Å². The molecule has 1 fully saturated rings. The molecule has 1 heterocycles. The number of ether oxygens (including phenoxy) is 1. The summed E-state index contributed by atoms with van der Waals surface area (Å²) in [4.78, 5) is 28.6. The summed E-state index contributed by atoms with van der Waals surface area (Å²) in [6, 6.07) is 14.2. The van der Waals surface area contributed by atoms with Crippen molar-refractivity contribution >= 4 is 23.4 Å². The summed E-state index contributed by atoms with van der Waals surface area (Å²) in [6.07, 6.45) is 0. The van der Waals surface area contributed by atoms with Gasteiger partial charge in [0.15, 0.2) is 0 Å². The zero-order valence-electron chi connectivity index (χ0n) is 13.9. The zero-order valence-corrected chi connectivity index (χ0v) is 14.7. The van der Waals surface area contributed by atoms with Crippen molar-refractivity contribution < 1.29 is 14.3 Å². The minimum atomic E-state index is -0.125. The molecule has 6 heteroatoms. The Morgan fingerprint density at radius 1 is 0.920 bits per heavy atom. The summed E-state index contributed by atoms with van der Waals surface area (Å²) in [6.45, 7) is 1.99. The van der Waals surface area contributed by atoms with Crippen molar-refractivity contribution in [2.75, 3.05) is 33.3 Å². The first-order valence-electron chi connectivity index (χ1n) is 8.07. The minimum Gasteiger partial charge on any atom is -0.497 e. The third kappa shape index (κ3) is 3.77. The lowest BCUT2D eigenvalue weighted by Crippen LogP contribution is -2.50. The van der Waals surface area contributed by atoms with E-state index in [1.807, 2.05) is 18.2 Å². The van der Waals surface area contributed by atoms with Gasteiger partial charge < -0.3 is 14.5 Å². The molecule has 0 aliphatic carbocycles. The number of hydrogen-bond acceptors (Lipinski definition) is 3. The first-order valence-corrected chi connectivity index (χ1v) is 8.45. The SMILES string of the molecule is COc1ccc(C(=O)N2CCN(C(=O)c3ccccc3)CC2)c(Cl)c1. The van der Waals surface area contributed by atoms with Crippen LogP contribution >= 0.6 is 11.6 Å². The molecule has 0 N–H and O–H groups in total. The Morgan fingerprint density at radius 2 is 1.52 bits per heavy atom. The van der Waals surface area contributed by atoms with Crippen LogP contribution in [0.1, 0.15) is 20.7 Å². The number of nitrogens with zero attached hydrogens (tertiary/aromatic N) is 2. The molecule has 2 aromatic rings. The van der Waals surface area contributed by atoms with Gasteiger partial charge in [0.2, 0.25) is 0 Å². The molecule has 0 bridgehead atoms. The maximum Gasteiger partial charge on any atom is 0.255 e. The Kier molecular flexibility index (Phi) is 5.24. The minimum absolute atomic E-state index is 0.00446. The smallest absolute Gasteiger partial charge is 0.255 e. The zero-order chi connectivity index (χ0) is 17.8. The fraction of sp³-hybridized carbons (Fsp3) is 0.263. The molecule has 3 rings (SSSR count). The van der Waals surface area contributed by atoms with Crippen LogP contribution in [0.25, 0.3) is 0 Å². The van der Waals surface area contributed by atoms with Crippen LogP contribution in [0, 0.1) is 0 Å². The molecule has 0 unspecified atom stereocenters. The van der Waals surface area contributed by atoms with E-state index in [4.69, 9.17) is 16.3 Å². The van der Waals surface area contributed by atoms with Crippen molar-refractivity contribution in [3.63, 3.8) is 0 Å². The predicted octanol–water partition coefficient (Wildman–Crippen LogP) is 2.95. The van der Waals surface area contributed by atoms with Crippen LogP contribution in [0.3, 0.4) is 0 Å². The van der Waals surface area contributed by atoms with Crippen LogP contribution in [-0.4, -0.2) is 54.9 Å². The molecule has 0 aromatic heterocycles. The second kappa shape index (κ2) is 7.57. The summed E-state index contributed by atoms with van der Waals surface area (Å²) >= 11 is 6.19.